The van der Waals surface area contributed by atoms with E-state index in [-0.39, 0.29) is 18.3 Å². The van der Waals surface area contributed by atoms with Gasteiger partial charge in [-0.05, 0) is 36.7 Å². The average molecular weight is 295 g/mol. The van der Waals surface area contributed by atoms with Gasteiger partial charge in [0.2, 0.25) is 5.91 Å². The van der Waals surface area contributed by atoms with Gasteiger partial charge >= 0.3 is 0 Å². The molecule has 0 unspecified atom stereocenters. The van der Waals surface area contributed by atoms with Gasteiger partial charge in [0.15, 0.2) is 0 Å². The monoisotopic (exact) mass is 294 g/mol. The summed E-state index contributed by atoms with van der Waals surface area (Å²) in [6, 6.07) is 9.81. The molecule has 0 spiro atoms. The third-order valence-corrected chi connectivity index (χ3v) is 2.80. The van der Waals surface area contributed by atoms with Crippen molar-refractivity contribution in [3.63, 3.8) is 0 Å². The lowest BCUT2D eigenvalue weighted by molar-refractivity contribution is -0.121. The number of benzene rings is 1. The third-order valence-electron chi connectivity index (χ3n) is 2.80. The van der Waals surface area contributed by atoms with Crippen LogP contribution in [0.15, 0.2) is 42.7 Å². The molecular weight excluding hydrogens is 276 g/mol. The van der Waals surface area contributed by atoms with Gasteiger partial charge in [0.1, 0.15) is 0 Å². The first-order valence-corrected chi connectivity index (χ1v) is 6.35. The second-order valence-corrected chi connectivity index (χ2v) is 4.29. The van der Waals surface area contributed by atoms with Crippen LogP contribution in [0.1, 0.15) is 18.4 Å². The number of nitrogens with one attached hydrogen (secondary N) is 1. The molecule has 0 saturated heterocycles. The standard InChI is InChI=1S/C14H18N4O.ClH/c15-8-1-3-14(19)16-11-12-4-6-13(7-5-12)18-10-2-9-17-18;/h2,4-7,9-10H,1,3,8,11,15H2,(H,16,19);1H. The first kappa shape index (κ1) is 16.2. The highest BCUT2D eigenvalue weighted by molar-refractivity contribution is 5.85. The molecule has 6 heteroatoms. The van der Waals surface area contributed by atoms with Crippen molar-refractivity contribution in [1.82, 2.24) is 15.1 Å². The van der Waals surface area contributed by atoms with Crippen molar-refractivity contribution in [1.29, 1.82) is 0 Å². The molecule has 1 aromatic heterocycles. The van der Waals surface area contributed by atoms with Gasteiger partial charge in [-0.25, -0.2) is 4.68 Å². The minimum absolute atomic E-state index is 0. The molecule has 0 radical (unpaired) electrons. The number of carbonyl (C=O) groups excluding carboxylic acids is 1. The second-order valence-electron chi connectivity index (χ2n) is 4.29. The Morgan fingerprint density at radius 3 is 2.65 bits per heavy atom. The molecule has 2 rings (SSSR count). The van der Waals surface area contributed by atoms with E-state index in [0.717, 1.165) is 17.7 Å². The number of aromatic nitrogens is 2. The fourth-order valence-corrected chi connectivity index (χ4v) is 1.74. The zero-order valence-corrected chi connectivity index (χ0v) is 12.0. The maximum absolute atomic E-state index is 11.4. The number of nitrogens with two attached hydrogens (primary N) is 1. The van der Waals surface area contributed by atoms with E-state index in [2.05, 4.69) is 10.4 Å². The van der Waals surface area contributed by atoms with Crippen LogP contribution in [0, 0.1) is 0 Å². The Labute approximate surface area is 124 Å². The van der Waals surface area contributed by atoms with Crippen molar-refractivity contribution in [3.8, 4) is 5.69 Å². The normalized spacial score (nSPS) is 9.85. The summed E-state index contributed by atoms with van der Waals surface area (Å²) >= 11 is 0. The van der Waals surface area contributed by atoms with Gasteiger partial charge < -0.3 is 11.1 Å². The van der Waals surface area contributed by atoms with Gasteiger partial charge in [-0.15, -0.1) is 12.4 Å². The maximum atomic E-state index is 11.4. The smallest absolute Gasteiger partial charge is 0.220 e. The van der Waals surface area contributed by atoms with Crippen LogP contribution in [0.25, 0.3) is 5.69 Å². The predicted octanol–water partition coefficient (Wildman–Crippen LogP) is 1.65. The number of amides is 1. The fourth-order valence-electron chi connectivity index (χ4n) is 1.74. The van der Waals surface area contributed by atoms with Gasteiger partial charge in [-0.2, -0.15) is 5.10 Å². The van der Waals surface area contributed by atoms with Crippen LogP contribution in [-0.4, -0.2) is 22.2 Å². The van der Waals surface area contributed by atoms with Crippen molar-refractivity contribution < 1.29 is 4.79 Å². The molecule has 1 aromatic carbocycles. The largest absolute Gasteiger partial charge is 0.352 e. The van der Waals surface area contributed by atoms with Crippen LogP contribution in [0.5, 0.6) is 0 Å². The van der Waals surface area contributed by atoms with Crippen LogP contribution in [0.4, 0.5) is 0 Å². The van der Waals surface area contributed by atoms with E-state index >= 15 is 0 Å². The van der Waals surface area contributed by atoms with E-state index < -0.39 is 0 Å². The summed E-state index contributed by atoms with van der Waals surface area (Å²) < 4.78 is 1.80. The quantitative estimate of drug-likeness (QED) is 0.851. The van der Waals surface area contributed by atoms with Gasteiger partial charge in [0, 0.05) is 25.4 Å². The van der Waals surface area contributed by atoms with Crippen LogP contribution >= 0.6 is 12.4 Å². The summed E-state index contributed by atoms with van der Waals surface area (Å²) in [6.07, 6.45) is 4.85. The molecule has 108 valence electrons. The summed E-state index contributed by atoms with van der Waals surface area (Å²) in [5.41, 5.74) is 7.43. The van der Waals surface area contributed by atoms with E-state index in [1.165, 1.54) is 0 Å². The molecule has 20 heavy (non-hydrogen) atoms. The molecule has 0 aliphatic heterocycles. The van der Waals surface area contributed by atoms with Crippen molar-refractivity contribution in [2.24, 2.45) is 5.73 Å². The number of rotatable bonds is 6. The first-order valence-electron chi connectivity index (χ1n) is 6.35. The van der Waals surface area contributed by atoms with E-state index in [1.54, 1.807) is 10.9 Å². The molecule has 0 fully saturated rings. The van der Waals surface area contributed by atoms with Gasteiger partial charge in [0.25, 0.3) is 0 Å². The average Bonchev–Trinajstić information content (AvgIpc) is 2.97. The Balaban J connectivity index is 0.00000200. The molecule has 0 aliphatic carbocycles. The summed E-state index contributed by atoms with van der Waals surface area (Å²) in [5, 5.41) is 7.03. The number of hydrogen-bond donors (Lipinski definition) is 2. The zero-order valence-electron chi connectivity index (χ0n) is 11.2. The van der Waals surface area contributed by atoms with Crippen LogP contribution in [0.3, 0.4) is 0 Å². The Kier molecular flexibility index (Phi) is 6.76. The zero-order chi connectivity index (χ0) is 13.5. The lowest BCUT2D eigenvalue weighted by atomic mass is 10.2. The molecule has 0 aliphatic rings. The Morgan fingerprint density at radius 1 is 1.30 bits per heavy atom. The number of halogens is 1. The van der Waals surface area contributed by atoms with Crippen molar-refractivity contribution in [2.75, 3.05) is 6.54 Å². The first-order chi connectivity index (χ1) is 9.29. The van der Waals surface area contributed by atoms with Crippen molar-refractivity contribution in [3.05, 3.63) is 48.3 Å². The molecule has 0 saturated carbocycles. The van der Waals surface area contributed by atoms with Crippen molar-refractivity contribution >= 4 is 18.3 Å². The molecule has 1 heterocycles. The van der Waals surface area contributed by atoms with E-state index in [0.29, 0.717) is 19.5 Å². The number of carbonyl (C=O) groups is 1. The Hall–Kier alpha value is -1.85. The third kappa shape index (κ3) is 4.68. The highest BCUT2D eigenvalue weighted by atomic mass is 35.5. The van der Waals surface area contributed by atoms with E-state index in [4.69, 9.17) is 5.73 Å². The summed E-state index contributed by atoms with van der Waals surface area (Å²) in [5.74, 6) is 0.0432. The molecular formula is C14H19ClN4O. The molecule has 0 atom stereocenters. The van der Waals surface area contributed by atoms with Gasteiger partial charge in [-0.1, -0.05) is 12.1 Å². The Bertz CT molecular complexity index is 510. The highest BCUT2D eigenvalue weighted by Crippen LogP contribution is 2.08. The lowest BCUT2D eigenvalue weighted by Gasteiger charge is -2.06. The maximum Gasteiger partial charge on any atom is 0.220 e. The molecule has 3 N–H and O–H groups in total. The summed E-state index contributed by atoms with van der Waals surface area (Å²) in [4.78, 5) is 11.4. The predicted molar refractivity (Wildman–Crippen MR) is 80.9 cm³/mol. The van der Waals surface area contributed by atoms with Crippen LogP contribution in [0.2, 0.25) is 0 Å². The van der Waals surface area contributed by atoms with Crippen LogP contribution in [-0.2, 0) is 11.3 Å². The molecule has 0 bridgehead atoms. The molecule has 2 aromatic rings. The Morgan fingerprint density at radius 2 is 2.05 bits per heavy atom. The van der Waals surface area contributed by atoms with E-state index in [9.17, 15) is 4.79 Å². The van der Waals surface area contributed by atoms with E-state index in [1.807, 2.05) is 36.5 Å². The minimum Gasteiger partial charge on any atom is -0.352 e. The van der Waals surface area contributed by atoms with Gasteiger partial charge in [0.05, 0.1) is 5.69 Å². The SMILES string of the molecule is Cl.NCCCC(=O)NCc1ccc(-n2cccn2)cc1. The van der Waals surface area contributed by atoms with Crippen LogP contribution < -0.4 is 11.1 Å². The fraction of sp³-hybridized carbons (Fsp3) is 0.286. The molecule has 1 amide bonds. The topological polar surface area (TPSA) is 72.9 Å². The number of hydrogen-bond acceptors (Lipinski definition) is 3. The number of nitrogens with zero attached hydrogens (tertiary/aromatic N) is 2. The van der Waals surface area contributed by atoms with Crippen molar-refractivity contribution in [2.45, 2.75) is 19.4 Å². The summed E-state index contributed by atoms with van der Waals surface area (Å²) in [7, 11) is 0. The lowest BCUT2D eigenvalue weighted by Crippen LogP contribution is -2.23. The van der Waals surface area contributed by atoms with Gasteiger partial charge in [-0.3, -0.25) is 4.79 Å². The highest BCUT2D eigenvalue weighted by Gasteiger charge is 2.01. The second kappa shape index (κ2) is 8.35. The molecule has 5 nitrogen and oxygen atoms in total. The minimum atomic E-state index is 0. The summed E-state index contributed by atoms with van der Waals surface area (Å²) in [6.45, 7) is 1.09.